The van der Waals surface area contributed by atoms with Crippen molar-refractivity contribution < 1.29 is 0 Å². The van der Waals surface area contributed by atoms with Gasteiger partial charge in [0.15, 0.2) is 0 Å². The smallest absolute Gasteiger partial charge is 0.0372 e. The van der Waals surface area contributed by atoms with E-state index in [0.717, 1.165) is 11.6 Å². The molecule has 2 heteroatoms. The van der Waals surface area contributed by atoms with Crippen molar-refractivity contribution in [3.8, 4) is 0 Å². The SMILES string of the molecule is CCCC1CCC(C(N)c2ccc(C)nc2)CC1. The van der Waals surface area contributed by atoms with Gasteiger partial charge >= 0.3 is 0 Å². The Labute approximate surface area is 111 Å². The standard InChI is InChI=1S/C16H26N2/c1-3-4-13-6-9-14(10-7-13)16(17)15-8-5-12(2)18-11-15/h5,8,11,13-14,16H,3-4,6-7,9-10,17H2,1-2H3. The molecular formula is C16H26N2. The van der Waals surface area contributed by atoms with Crippen LogP contribution in [-0.2, 0) is 0 Å². The Kier molecular flexibility index (Phi) is 4.76. The second-order valence-electron chi connectivity index (χ2n) is 5.83. The van der Waals surface area contributed by atoms with Crippen molar-refractivity contribution in [2.24, 2.45) is 17.6 Å². The van der Waals surface area contributed by atoms with Crippen LogP contribution in [0.1, 0.15) is 62.7 Å². The van der Waals surface area contributed by atoms with E-state index >= 15 is 0 Å². The van der Waals surface area contributed by atoms with E-state index in [1.54, 1.807) is 0 Å². The summed E-state index contributed by atoms with van der Waals surface area (Å²) in [6, 6.07) is 4.39. The topological polar surface area (TPSA) is 38.9 Å². The average molecular weight is 246 g/mol. The van der Waals surface area contributed by atoms with Crippen LogP contribution in [0.2, 0.25) is 0 Å². The summed E-state index contributed by atoms with van der Waals surface area (Å²) in [6.45, 7) is 4.31. The fourth-order valence-corrected chi connectivity index (χ4v) is 3.19. The predicted molar refractivity (Wildman–Crippen MR) is 76.3 cm³/mol. The molecule has 18 heavy (non-hydrogen) atoms. The molecule has 1 aromatic rings. The van der Waals surface area contributed by atoms with Gasteiger partial charge in [-0.3, -0.25) is 4.98 Å². The Bertz CT molecular complexity index is 350. The van der Waals surface area contributed by atoms with E-state index in [1.807, 2.05) is 13.1 Å². The third kappa shape index (κ3) is 3.32. The van der Waals surface area contributed by atoms with E-state index in [9.17, 15) is 0 Å². The summed E-state index contributed by atoms with van der Waals surface area (Å²) in [5.41, 5.74) is 8.67. The van der Waals surface area contributed by atoms with Gasteiger partial charge in [0.05, 0.1) is 0 Å². The molecule has 2 rings (SSSR count). The van der Waals surface area contributed by atoms with Crippen molar-refractivity contribution in [2.75, 3.05) is 0 Å². The van der Waals surface area contributed by atoms with Gasteiger partial charge in [-0.15, -0.1) is 0 Å². The monoisotopic (exact) mass is 246 g/mol. The molecule has 0 spiro atoms. The Morgan fingerprint density at radius 2 is 2.00 bits per heavy atom. The van der Waals surface area contributed by atoms with Crippen LogP contribution in [0.25, 0.3) is 0 Å². The molecule has 1 aliphatic carbocycles. The first kappa shape index (κ1) is 13.5. The number of hydrogen-bond acceptors (Lipinski definition) is 2. The van der Waals surface area contributed by atoms with E-state index in [-0.39, 0.29) is 6.04 Å². The highest BCUT2D eigenvalue weighted by Crippen LogP contribution is 2.37. The van der Waals surface area contributed by atoms with E-state index in [2.05, 4.69) is 24.0 Å². The number of aromatic nitrogens is 1. The normalized spacial score (nSPS) is 25.9. The molecular weight excluding hydrogens is 220 g/mol. The summed E-state index contributed by atoms with van der Waals surface area (Å²) in [5.74, 6) is 1.61. The van der Waals surface area contributed by atoms with Gasteiger partial charge in [0.2, 0.25) is 0 Å². The summed E-state index contributed by atoms with van der Waals surface area (Å²) in [7, 11) is 0. The molecule has 1 atom stereocenters. The maximum atomic E-state index is 6.40. The first-order valence-corrected chi connectivity index (χ1v) is 7.38. The molecule has 0 radical (unpaired) electrons. The molecule has 0 bridgehead atoms. The first-order chi connectivity index (χ1) is 8.70. The second kappa shape index (κ2) is 6.33. The Hall–Kier alpha value is -0.890. The highest BCUT2D eigenvalue weighted by Gasteiger charge is 2.26. The highest BCUT2D eigenvalue weighted by molar-refractivity contribution is 5.17. The molecule has 1 saturated carbocycles. The van der Waals surface area contributed by atoms with E-state index in [0.29, 0.717) is 5.92 Å². The van der Waals surface area contributed by atoms with Crippen LogP contribution in [0.5, 0.6) is 0 Å². The van der Waals surface area contributed by atoms with Crippen molar-refractivity contribution in [3.63, 3.8) is 0 Å². The summed E-state index contributed by atoms with van der Waals surface area (Å²) >= 11 is 0. The average Bonchev–Trinajstić information content (AvgIpc) is 2.40. The largest absolute Gasteiger partial charge is 0.324 e. The highest BCUT2D eigenvalue weighted by atomic mass is 14.7. The zero-order valence-corrected chi connectivity index (χ0v) is 11.7. The lowest BCUT2D eigenvalue weighted by molar-refractivity contribution is 0.234. The second-order valence-corrected chi connectivity index (χ2v) is 5.83. The fourth-order valence-electron chi connectivity index (χ4n) is 3.19. The van der Waals surface area contributed by atoms with Gasteiger partial charge in [0, 0.05) is 17.9 Å². The van der Waals surface area contributed by atoms with Crippen molar-refractivity contribution in [3.05, 3.63) is 29.6 Å². The van der Waals surface area contributed by atoms with E-state index < -0.39 is 0 Å². The minimum absolute atomic E-state index is 0.181. The van der Waals surface area contributed by atoms with Crippen LogP contribution < -0.4 is 5.73 Å². The summed E-state index contributed by atoms with van der Waals surface area (Å²) in [5, 5.41) is 0. The molecule has 1 fully saturated rings. The minimum Gasteiger partial charge on any atom is -0.324 e. The number of pyridine rings is 1. The van der Waals surface area contributed by atoms with Crippen LogP contribution in [0.3, 0.4) is 0 Å². The van der Waals surface area contributed by atoms with Crippen LogP contribution in [0.4, 0.5) is 0 Å². The van der Waals surface area contributed by atoms with Gasteiger partial charge in [-0.05, 0) is 43.2 Å². The minimum atomic E-state index is 0.181. The van der Waals surface area contributed by atoms with Gasteiger partial charge in [-0.25, -0.2) is 0 Å². The van der Waals surface area contributed by atoms with Gasteiger partial charge in [0.25, 0.3) is 0 Å². The maximum Gasteiger partial charge on any atom is 0.0372 e. The summed E-state index contributed by atoms with van der Waals surface area (Å²) < 4.78 is 0. The zero-order chi connectivity index (χ0) is 13.0. The fraction of sp³-hybridized carbons (Fsp3) is 0.688. The summed E-state index contributed by atoms with van der Waals surface area (Å²) in [4.78, 5) is 4.36. The van der Waals surface area contributed by atoms with Gasteiger partial charge in [0.1, 0.15) is 0 Å². The van der Waals surface area contributed by atoms with Gasteiger partial charge in [-0.2, -0.15) is 0 Å². The molecule has 1 heterocycles. The molecule has 2 N–H and O–H groups in total. The number of nitrogens with two attached hydrogens (primary N) is 1. The maximum absolute atomic E-state index is 6.40. The first-order valence-electron chi connectivity index (χ1n) is 7.38. The predicted octanol–water partition coefficient (Wildman–Crippen LogP) is 4.00. The Morgan fingerprint density at radius 3 is 2.56 bits per heavy atom. The van der Waals surface area contributed by atoms with Crippen molar-refractivity contribution >= 4 is 0 Å². The van der Waals surface area contributed by atoms with E-state index in [1.165, 1.54) is 44.1 Å². The zero-order valence-electron chi connectivity index (χ0n) is 11.7. The lowest BCUT2D eigenvalue weighted by atomic mass is 9.76. The quantitative estimate of drug-likeness (QED) is 0.872. The molecule has 0 aliphatic heterocycles. The Balaban J connectivity index is 1.91. The molecule has 0 aromatic carbocycles. The molecule has 2 nitrogen and oxygen atoms in total. The third-order valence-corrected chi connectivity index (χ3v) is 4.42. The van der Waals surface area contributed by atoms with Crippen LogP contribution in [-0.4, -0.2) is 4.98 Å². The van der Waals surface area contributed by atoms with Crippen LogP contribution in [0.15, 0.2) is 18.3 Å². The van der Waals surface area contributed by atoms with E-state index in [4.69, 9.17) is 5.73 Å². The molecule has 0 saturated heterocycles. The molecule has 1 unspecified atom stereocenters. The van der Waals surface area contributed by atoms with Crippen LogP contribution >= 0.6 is 0 Å². The molecule has 100 valence electrons. The van der Waals surface area contributed by atoms with Crippen molar-refractivity contribution in [1.29, 1.82) is 0 Å². The lowest BCUT2D eigenvalue weighted by Crippen LogP contribution is -2.26. The Morgan fingerprint density at radius 1 is 1.28 bits per heavy atom. The van der Waals surface area contributed by atoms with Crippen molar-refractivity contribution in [2.45, 2.75) is 58.4 Å². The van der Waals surface area contributed by atoms with Gasteiger partial charge < -0.3 is 5.73 Å². The number of nitrogens with zero attached hydrogens (tertiary/aromatic N) is 1. The lowest BCUT2D eigenvalue weighted by Gasteiger charge is -2.32. The molecule has 1 aliphatic rings. The third-order valence-electron chi connectivity index (χ3n) is 4.42. The van der Waals surface area contributed by atoms with Gasteiger partial charge in [-0.1, -0.05) is 38.7 Å². The molecule has 0 amide bonds. The number of hydrogen-bond donors (Lipinski definition) is 1. The van der Waals surface area contributed by atoms with Crippen molar-refractivity contribution in [1.82, 2.24) is 4.98 Å². The van der Waals surface area contributed by atoms with Crippen LogP contribution in [0, 0.1) is 18.8 Å². The summed E-state index contributed by atoms with van der Waals surface area (Å²) in [6.07, 6.45) is 9.99. The number of rotatable bonds is 4. The molecule has 1 aromatic heterocycles. The number of aryl methyl sites for hydroxylation is 1.